The molecule has 1 unspecified atom stereocenters. The molecule has 0 aromatic heterocycles. The molecule has 0 spiro atoms. The van der Waals surface area contributed by atoms with E-state index in [4.69, 9.17) is 5.73 Å². The Balaban J connectivity index is 1.63. The molecule has 4 fully saturated rings. The number of fused-ring (bicyclic) bond motifs is 1. The summed E-state index contributed by atoms with van der Waals surface area (Å²) in [7, 11) is 0. The molecule has 2 aromatic rings. The topological polar surface area (TPSA) is 26.0 Å². The minimum Gasteiger partial charge on any atom is -0.398 e. The fourth-order valence-electron chi connectivity index (χ4n) is 8.03. The highest BCUT2D eigenvalue weighted by molar-refractivity contribution is 5.72. The molecule has 2 aromatic carbocycles. The summed E-state index contributed by atoms with van der Waals surface area (Å²) in [6.07, 6.45) is 12.1. The van der Waals surface area contributed by atoms with Crippen LogP contribution < -0.4 is 5.73 Å². The minimum absolute atomic E-state index is 0.0870. The Bertz CT molecular complexity index is 874. The van der Waals surface area contributed by atoms with Crippen LogP contribution in [0, 0.1) is 23.2 Å². The zero-order valence-corrected chi connectivity index (χ0v) is 16.0. The molecule has 4 bridgehead atoms. The highest BCUT2D eigenvalue weighted by Crippen LogP contribution is 2.69. The van der Waals surface area contributed by atoms with Crippen LogP contribution in [0.15, 0.2) is 60.7 Å². The average Bonchev–Trinajstić information content (AvgIpc) is 2.68. The number of rotatable bonds is 2. The van der Waals surface area contributed by atoms with Crippen LogP contribution in [0.5, 0.6) is 0 Å². The summed E-state index contributed by atoms with van der Waals surface area (Å²) in [5.74, 6) is 2.85. The van der Waals surface area contributed by atoms with Gasteiger partial charge in [0, 0.05) is 16.7 Å². The molecule has 2 N–H and O–H groups in total. The maximum Gasteiger partial charge on any atom is 0.0350 e. The van der Waals surface area contributed by atoms with Crippen molar-refractivity contribution in [1.29, 1.82) is 0 Å². The summed E-state index contributed by atoms with van der Waals surface area (Å²) in [4.78, 5) is 0. The normalized spacial score (nSPS) is 39.1. The number of nitrogens with two attached hydrogens (primary N) is 1. The molecule has 0 saturated heterocycles. The molecule has 7 rings (SSSR count). The van der Waals surface area contributed by atoms with E-state index in [-0.39, 0.29) is 5.41 Å². The van der Waals surface area contributed by atoms with Gasteiger partial charge in [0.05, 0.1) is 0 Å². The Morgan fingerprint density at radius 2 is 1.33 bits per heavy atom. The smallest absolute Gasteiger partial charge is 0.0350 e. The number of benzene rings is 2. The van der Waals surface area contributed by atoms with Crippen LogP contribution in [0.1, 0.15) is 61.6 Å². The third-order valence-corrected chi connectivity index (χ3v) is 8.54. The summed E-state index contributed by atoms with van der Waals surface area (Å²) in [5.41, 5.74) is 12.3. The van der Waals surface area contributed by atoms with E-state index in [0.29, 0.717) is 5.41 Å². The Hall–Kier alpha value is -2.02. The minimum atomic E-state index is 0.0870. The van der Waals surface area contributed by atoms with Crippen LogP contribution in [-0.2, 0) is 5.41 Å². The maximum absolute atomic E-state index is 6.50. The van der Waals surface area contributed by atoms with Crippen molar-refractivity contribution in [1.82, 2.24) is 0 Å². The molecule has 0 amide bonds. The molecular formula is C26H29N. The molecule has 1 nitrogen and oxygen atoms in total. The predicted molar refractivity (Wildman–Crippen MR) is 111 cm³/mol. The zero-order chi connectivity index (χ0) is 18.1. The van der Waals surface area contributed by atoms with Gasteiger partial charge in [0.25, 0.3) is 0 Å². The Morgan fingerprint density at radius 3 is 2.00 bits per heavy atom. The molecule has 138 valence electrons. The maximum atomic E-state index is 6.50. The molecule has 5 aliphatic rings. The van der Waals surface area contributed by atoms with E-state index in [2.05, 4.69) is 60.7 Å². The first-order valence-electron chi connectivity index (χ1n) is 10.8. The highest BCUT2D eigenvalue weighted by Gasteiger charge is 2.61. The summed E-state index contributed by atoms with van der Waals surface area (Å²) >= 11 is 0. The van der Waals surface area contributed by atoms with Gasteiger partial charge in [-0.1, -0.05) is 60.7 Å². The summed E-state index contributed by atoms with van der Waals surface area (Å²) in [5, 5.41) is 0. The lowest BCUT2D eigenvalue weighted by Gasteiger charge is -2.65. The molecule has 5 aliphatic carbocycles. The van der Waals surface area contributed by atoms with Gasteiger partial charge in [0.2, 0.25) is 0 Å². The van der Waals surface area contributed by atoms with Gasteiger partial charge < -0.3 is 5.73 Å². The molecule has 27 heavy (non-hydrogen) atoms. The van der Waals surface area contributed by atoms with Crippen molar-refractivity contribution in [3.8, 4) is 0 Å². The van der Waals surface area contributed by atoms with Crippen LogP contribution in [0.3, 0.4) is 0 Å². The lowest BCUT2D eigenvalue weighted by molar-refractivity contribution is -0.0903. The van der Waals surface area contributed by atoms with Gasteiger partial charge in [0.1, 0.15) is 0 Å². The van der Waals surface area contributed by atoms with Crippen LogP contribution >= 0.6 is 0 Å². The first-order valence-corrected chi connectivity index (χ1v) is 10.8. The highest BCUT2D eigenvalue weighted by atomic mass is 14.7. The average molecular weight is 356 g/mol. The number of hydrogen-bond acceptors (Lipinski definition) is 1. The second-order valence-corrected chi connectivity index (χ2v) is 9.88. The lowest BCUT2D eigenvalue weighted by Crippen LogP contribution is -2.57. The Morgan fingerprint density at radius 1 is 0.741 bits per heavy atom. The van der Waals surface area contributed by atoms with Gasteiger partial charge >= 0.3 is 0 Å². The van der Waals surface area contributed by atoms with E-state index in [1.807, 2.05) is 0 Å². The van der Waals surface area contributed by atoms with Gasteiger partial charge in [-0.3, -0.25) is 0 Å². The van der Waals surface area contributed by atoms with Crippen molar-refractivity contribution >= 4 is 5.70 Å². The zero-order valence-electron chi connectivity index (χ0n) is 16.0. The molecule has 1 atom stereocenters. The van der Waals surface area contributed by atoms with E-state index in [9.17, 15) is 0 Å². The van der Waals surface area contributed by atoms with Gasteiger partial charge in [-0.15, -0.1) is 0 Å². The van der Waals surface area contributed by atoms with E-state index >= 15 is 0 Å². The van der Waals surface area contributed by atoms with Gasteiger partial charge in [-0.05, 0) is 79.2 Å². The van der Waals surface area contributed by atoms with Gasteiger partial charge in [-0.25, -0.2) is 0 Å². The third-order valence-electron chi connectivity index (χ3n) is 8.54. The molecule has 1 heteroatoms. The first-order chi connectivity index (χ1) is 13.2. The standard InChI is InChI=1S/C26H29N/c27-24-10-11-26(21-6-2-1-3-7-21,23-9-5-4-8-22(23)24)25-15-18-12-19(16-25)14-20(13-18)17-25/h1-10,18-20H,11-17,27H2. The van der Waals surface area contributed by atoms with E-state index < -0.39 is 0 Å². The van der Waals surface area contributed by atoms with Crippen molar-refractivity contribution in [2.75, 3.05) is 0 Å². The Kier molecular flexibility index (Phi) is 3.26. The summed E-state index contributed by atoms with van der Waals surface area (Å²) < 4.78 is 0. The molecule has 0 radical (unpaired) electrons. The van der Waals surface area contributed by atoms with Crippen molar-refractivity contribution in [3.05, 3.63) is 77.4 Å². The van der Waals surface area contributed by atoms with Crippen LogP contribution in [0.4, 0.5) is 0 Å². The predicted octanol–water partition coefficient (Wildman–Crippen LogP) is 5.89. The van der Waals surface area contributed by atoms with Crippen LogP contribution in [-0.4, -0.2) is 0 Å². The van der Waals surface area contributed by atoms with E-state index in [1.54, 1.807) is 0 Å². The Labute approximate surface area is 162 Å². The van der Waals surface area contributed by atoms with Crippen LogP contribution in [0.25, 0.3) is 5.70 Å². The van der Waals surface area contributed by atoms with Crippen molar-refractivity contribution in [2.24, 2.45) is 28.9 Å². The number of hydrogen-bond donors (Lipinski definition) is 1. The van der Waals surface area contributed by atoms with Gasteiger partial charge in [-0.2, -0.15) is 0 Å². The molecule has 0 heterocycles. The lowest BCUT2D eigenvalue weighted by atomic mass is 9.39. The fourth-order valence-corrected chi connectivity index (χ4v) is 8.03. The summed E-state index contributed by atoms with van der Waals surface area (Å²) in [6.45, 7) is 0. The third kappa shape index (κ3) is 2.06. The molecule has 4 saturated carbocycles. The first kappa shape index (κ1) is 16.0. The largest absolute Gasteiger partial charge is 0.398 e. The number of allylic oxidation sites excluding steroid dienone is 1. The fraction of sp³-hybridized carbons (Fsp3) is 0.462. The molecule has 0 aliphatic heterocycles. The van der Waals surface area contributed by atoms with Crippen molar-refractivity contribution in [3.63, 3.8) is 0 Å². The van der Waals surface area contributed by atoms with Crippen LogP contribution in [0.2, 0.25) is 0 Å². The second kappa shape index (κ2) is 5.50. The van der Waals surface area contributed by atoms with Crippen molar-refractivity contribution < 1.29 is 0 Å². The second-order valence-electron chi connectivity index (χ2n) is 9.88. The van der Waals surface area contributed by atoms with Crippen molar-refractivity contribution in [2.45, 2.75) is 50.4 Å². The van der Waals surface area contributed by atoms with E-state index in [0.717, 1.165) is 29.9 Å². The summed E-state index contributed by atoms with van der Waals surface area (Å²) in [6, 6.07) is 20.4. The monoisotopic (exact) mass is 355 g/mol. The SMILES string of the molecule is NC1=CCC(c2ccccc2)(C23CC4CC(CC(C4)C2)C3)c2ccccc21. The van der Waals surface area contributed by atoms with Gasteiger partial charge in [0.15, 0.2) is 0 Å². The molecular weight excluding hydrogens is 326 g/mol. The quantitative estimate of drug-likeness (QED) is 0.714. The van der Waals surface area contributed by atoms with E-state index in [1.165, 1.54) is 55.2 Å².